The predicted octanol–water partition coefficient (Wildman–Crippen LogP) is 6.64. The van der Waals surface area contributed by atoms with E-state index in [1.54, 1.807) is 55.0 Å². The molecule has 0 bridgehead atoms. The van der Waals surface area contributed by atoms with Crippen molar-refractivity contribution in [1.82, 2.24) is 30.1 Å². The molecule has 1 saturated carbocycles. The van der Waals surface area contributed by atoms with Crippen LogP contribution < -0.4 is 5.32 Å². The molecule has 1 fully saturated rings. The first-order valence-corrected chi connectivity index (χ1v) is 13.1. The summed E-state index contributed by atoms with van der Waals surface area (Å²) >= 11 is 0. The van der Waals surface area contributed by atoms with Gasteiger partial charge in [-0.1, -0.05) is 25.0 Å². The van der Waals surface area contributed by atoms with E-state index in [4.69, 9.17) is 4.98 Å². The first-order valence-electron chi connectivity index (χ1n) is 13.1. The number of benzene rings is 2. The van der Waals surface area contributed by atoms with Gasteiger partial charge in [0.15, 0.2) is 11.5 Å². The van der Waals surface area contributed by atoms with Crippen molar-refractivity contribution in [2.75, 3.05) is 5.32 Å². The van der Waals surface area contributed by atoms with E-state index in [9.17, 15) is 9.18 Å². The van der Waals surface area contributed by atoms with Crippen molar-refractivity contribution in [3.63, 3.8) is 0 Å². The number of pyridine rings is 2. The van der Waals surface area contributed by atoms with E-state index in [-0.39, 0.29) is 23.0 Å². The summed E-state index contributed by atoms with van der Waals surface area (Å²) in [6.45, 7) is 0. The van der Waals surface area contributed by atoms with Crippen molar-refractivity contribution < 1.29 is 13.6 Å². The average Bonchev–Trinajstić information content (AvgIpc) is 3.73. The molecule has 1 amide bonds. The Balaban J connectivity index is 1.28. The van der Waals surface area contributed by atoms with Crippen molar-refractivity contribution in [2.45, 2.75) is 25.7 Å². The number of rotatable bonds is 5. The van der Waals surface area contributed by atoms with E-state index in [0.29, 0.717) is 45.0 Å². The lowest BCUT2D eigenvalue weighted by atomic mass is 10.0. The highest BCUT2D eigenvalue weighted by atomic mass is 19.1. The number of H-pyrrole nitrogens is 2. The van der Waals surface area contributed by atoms with Gasteiger partial charge >= 0.3 is 0 Å². The summed E-state index contributed by atoms with van der Waals surface area (Å²) in [6.07, 6.45) is 8.65. The normalized spacial score (nSPS) is 13.8. The minimum Gasteiger partial charge on any atom is -0.324 e. The molecule has 0 atom stereocenters. The molecule has 6 aromatic rings. The summed E-state index contributed by atoms with van der Waals surface area (Å²) in [5.41, 5.74) is 4.78. The number of nitrogens with zero attached hydrogens (tertiary/aromatic N) is 4. The third-order valence-corrected chi connectivity index (χ3v) is 7.47. The number of hydrogen-bond donors (Lipinski definition) is 3. The van der Waals surface area contributed by atoms with Crippen LogP contribution in [0.3, 0.4) is 0 Å². The molecule has 2 aromatic carbocycles. The summed E-state index contributed by atoms with van der Waals surface area (Å²) < 4.78 is 29.6. The molecule has 0 saturated heterocycles. The monoisotopic (exact) mass is 535 g/mol. The van der Waals surface area contributed by atoms with Crippen LogP contribution in [0.2, 0.25) is 0 Å². The highest BCUT2D eigenvalue weighted by Gasteiger charge is 2.24. The molecule has 3 N–H and O–H groups in total. The number of amides is 1. The Hall–Kier alpha value is -4.99. The van der Waals surface area contributed by atoms with Gasteiger partial charge in [-0.3, -0.25) is 14.9 Å². The van der Waals surface area contributed by atoms with Gasteiger partial charge in [0.2, 0.25) is 5.91 Å². The average molecular weight is 536 g/mol. The minimum absolute atomic E-state index is 0.00658. The number of aromatic nitrogens is 6. The van der Waals surface area contributed by atoms with Gasteiger partial charge in [-0.05, 0) is 54.8 Å². The van der Waals surface area contributed by atoms with E-state index >= 15 is 4.39 Å². The number of anilines is 1. The van der Waals surface area contributed by atoms with Crippen LogP contribution >= 0.6 is 0 Å². The summed E-state index contributed by atoms with van der Waals surface area (Å²) in [6, 6.07) is 13.1. The fourth-order valence-electron chi connectivity index (χ4n) is 5.44. The van der Waals surface area contributed by atoms with Gasteiger partial charge in [-0.15, -0.1) is 0 Å². The molecule has 7 rings (SSSR count). The quantitative estimate of drug-likeness (QED) is 0.229. The first kappa shape index (κ1) is 24.1. The van der Waals surface area contributed by atoms with Gasteiger partial charge in [0.05, 0.1) is 22.8 Å². The van der Waals surface area contributed by atoms with E-state index in [1.165, 1.54) is 12.1 Å². The fraction of sp³-hybridized carbons (Fsp3) is 0.167. The zero-order valence-electron chi connectivity index (χ0n) is 21.2. The number of imidazole rings is 1. The van der Waals surface area contributed by atoms with Crippen LogP contribution in [-0.4, -0.2) is 36.0 Å². The standard InChI is InChI=1S/C30H23F2N7O/c31-19-7-5-16(6-8-19)22-11-12-34-28-26(22)36-29(37-28)27-24-23(38-39-27)10-9-21(25(24)32)18-13-20(15-33-14-18)35-30(40)17-3-1-2-4-17/h5-15,17H,1-4H2,(H,35,40)(H,38,39)(H,34,36,37). The maximum absolute atomic E-state index is 16.1. The Kier molecular flexibility index (Phi) is 5.80. The lowest BCUT2D eigenvalue weighted by Gasteiger charge is -2.11. The summed E-state index contributed by atoms with van der Waals surface area (Å²) in [5.74, 6) is -0.498. The molecule has 0 spiro atoms. The second kappa shape index (κ2) is 9.64. The van der Waals surface area contributed by atoms with Crippen LogP contribution in [-0.2, 0) is 4.79 Å². The van der Waals surface area contributed by atoms with Gasteiger partial charge in [0.1, 0.15) is 22.8 Å². The largest absolute Gasteiger partial charge is 0.324 e. The van der Waals surface area contributed by atoms with Crippen LogP contribution in [0.1, 0.15) is 25.7 Å². The van der Waals surface area contributed by atoms with Crippen LogP contribution in [0.4, 0.5) is 14.5 Å². The van der Waals surface area contributed by atoms with Gasteiger partial charge in [-0.2, -0.15) is 5.10 Å². The van der Waals surface area contributed by atoms with Crippen LogP contribution in [0.25, 0.3) is 55.8 Å². The Bertz CT molecular complexity index is 1890. The molecular weight excluding hydrogens is 512 g/mol. The number of hydrogen-bond acceptors (Lipinski definition) is 5. The van der Waals surface area contributed by atoms with Crippen LogP contribution in [0.15, 0.2) is 67.1 Å². The Labute approximate surface area is 226 Å². The molecule has 1 aliphatic carbocycles. The molecule has 4 aromatic heterocycles. The topological polar surface area (TPSA) is 112 Å². The summed E-state index contributed by atoms with van der Waals surface area (Å²) in [5, 5.41) is 10.4. The highest BCUT2D eigenvalue weighted by Crippen LogP contribution is 2.35. The fourth-order valence-corrected chi connectivity index (χ4v) is 5.44. The summed E-state index contributed by atoms with van der Waals surface area (Å²) in [4.78, 5) is 29.1. The van der Waals surface area contributed by atoms with Gasteiger partial charge < -0.3 is 10.3 Å². The number of carbonyl (C=O) groups is 1. The third-order valence-electron chi connectivity index (χ3n) is 7.47. The van der Waals surface area contributed by atoms with Crippen LogP contribution in [0.5, 0.6) is 0 Å². The summed E-state index contributed by atoms with van der Waals surface area (Å²) in [7, 11) is 0. The predicted molar refractivity (Wildman–Crippen MR) is 148 cm³/mol. The number of aromatic amines is 2. The molecule has 8 nitrogen and oxygen atoms in total. The second-order valence-corrected chi connectivity index (χ2v) is 10.0. The molecule has 0 aliphatic heterocycles. The number of halogens is 2. The molecular formula is C30H23F2N7O. The van der Waals surface area contributed by atoms with E-state index in [1.807, 2.05) is 0 Å². The molecule has 0 radical (unpaired) electrons. The Morgan fingerprint density at radius 1 is 0.950 bits per heavy atom. The number of carbonyl (C=O) groups excluding carboxylic acids is 1. The minimum atomic E-state index is -0.491. The van der Waals surface area contributed by atoms with E-state index in [0.717, 1.165) is 36.8 Å². The number of fused-ring (bicyclic) bond motifs is 2. The highest BCUT2D eigenvalue weighted by molar-refractivity contribution is 5.98. The zero-order valence-corrected chi connectivity index (χ0v) is 21.2. The lowest BCUT2D eigenvalue weighted by molar-refractivity contribution is -0.119. The molecule has 0 unspecified atom stereocenters. The maximum Gasteiger partial charge on any atom is 0.227 e. The second-order valence-electron chi connectivity index (χ2n) is 10.0. The molecule has 198 valence electrons. The molecule has 10 heteroatoms. The van der Waals surface area contributed by atoms with Gasteiger partial charge in [0, 0.05) is 35.0 Å². The molecule has 1 aliphatic rings. The van der Waals surface area contributed by atoms with Crippen molar-refractivity contribution >= 4 is 33.7 Å². The van der Waals surface area contributed by atoms with Crippen molar-refractivity contribution in [3.05, 3.63) is 78.8 Å². The van der Waals surface area contributed by atoms with E-state index < -0.39 is 5.82 Å². The zero-order chi connectivity index (χ0) is 27.2. The smallest absolute Gasteiger partial charge is 0.227 e. The number of nitrogens with one attached hydrogen (secondary N) is 3. The molecule has 40 heavy (non-hydrogen) atoms. The van der Waals surface area contributed by atoms with E-state index in [2.05, 4.69) is 30.5 Å². The van der Waals surface area contributed by atoms with Crippen molar-refractivity contribution in [1.29, 1.82) is 0 Å². The SMILES string of the molecule is O=C(Nc1cncc(-c2ccc3[nH]nc(-c4nc5c(-c6ccc(F)cc6)ccnc5[nH]4)c3c2F)c1)C1CCCC1. The third kappa shape index (κ3) is 4.17. The molecule has 4 heterocycles. The van der Waals surface area contributed by atoms with Gasteiger partial charge in [-0.25, -0.2) is 18.7 Å². The van der Waals surface area contributed by atoms with Crippen LogP contribution in [0, 0.1) is 17.6 Å². The van der Waals surface area contributed by atoms with Crippen molar-refractivity contribution in [3.8, 4) is 33.8 Å². The Morgan fingerprint density at radius 2 is 1.77 bits per heavy atom. The Morgan fingerprint density at radius 3 is 2.60 bits per heavy atom. The van der Waals surface area contributed by atoms with Crippen molar-refractivity contribution in [2.24, 2.45) is 5.92 Å². The maximum atomic E-state index is 16.1. The van der Waals surface area contributed by atoms with Gasteiger partial charge in [0.25, 0.3) is 0 Å². The lowest BCUT2D eigenvalue weighted by Crippen LogP contribution is -2.20. The first-order chi connectivity index (χ1) is 19.5.